The van der Waals surface area contributed by atoms with E-state index in [0.29, 0.717) is 44.2 Å². The second kappa shape index (κ2) is 6.52. The number of hydrogen-bond acceptors (Lipinski definition) is 4. The van der Waals surface area contributed by atoms with Gasteiger partial charge in [0, 0.05) is 18.2 Å². The largest absolute Gasteiger partial charge is 0.481 e. The Kier molecular flexibility index (Phi) is 4.60. The first-order valence-corrected chi connectivity index (χ1v) is 9.51. The van der Waals surface area contributed by atoms with Crippen molar-refractivity contribution < 1.29 is 23.1 Å². The molecule has 0 aromatic heterocycles. The Labute approximate surface area is 140 Å². The van der Waals surface area contributed by atoms with Gasteiger partial charge in [0.15, 0.2) is 0 Å². The Morgan fingerprint density at radius 2 is 1.92 bits per heavy atom. The van der Waals surface area contributed by atoms with Gasteiger partial charge >= 0.3 is 5.97 Å². The van der Waals surface area contributed by atoms with E-state index >= 15 is 0 Å². The van der Waals surface area contributed by atoms with Crippen LogP contribution in [-0.4, -0.2) is 38.0 Å². The first-order valence-electron chi connectivity index (χ1n) is 8.03. The third-order valence-corrected chi connectivity index (χ3v) is 6.23. The molecule has 0 spiro atoms. The third-order valence-electron chi connectivity index (χ3n) is 4.71. The predicted molar refractivity (Wildman–Crippen MR) is 86.2 cm³/mol. The molecule has 0 bridgehead atoms. The van der Waals surface area contributed by atoms with Gasteiger partial charge in [-0.15, -0.1) is 0 Å². The van der Waals surface area contributed by atoms with Crippen LogP contribution in [-0.2, 0) is 21.2 Å². The van der Waals surface area contributed by atoms with Crippen LogP contribution in [0.25, 0.3) is 0 Å². The van der Waals surface area contributed by atoms with Crippen molar-refractivity contribution in [2.45, 2.75) is 43.0 Å². The molecule has 1 aromatic carbocycles. The lowest BCUT2D eigenvalue weighted by atomic mass is 9.87. The summed E-state index contributed by atoms with van der Waals surface area (Å²) >= 11 is 0. The number of carboxylic acid groups (broad SMARTS) is 1. The molecule has 1 aliphatic carbocycles. The molecule has 8 heteroatoms. The van der Waals surface area contributed by atoms with Gasteiger partial charge < -0.3 is 10.4 Å². The molecule has 3 N–H and O–H groups in total. The average molecular weight is 352 g/mol. The Bertz CT molecular complexity index is 767. The smallest absolute Gasteiger partial charge is 0.306 e. The number of fused-ring (bicyclic) bond motifs is 1. The van der Waals surface area contributed by atoms with Crippen molar-refractivity contribution in [3.05, 3.63) is 29.3 Å². The lowest BCUT2D eigenvalue weighted by molar-refractivity contribution is -0.142. The zero-order valence-corrected chi connectivity index (χ0v) is 13.9. The zero-order valence-electron chi connectivity index (χ0n) is 13.1. The summed E-state index contributed by atoms with van der Waals surface area (Å²) < 4.78 is 27.7. The number of hydrogen-bond donors (Lipinski definition) is 3. The molecule has 130 valence electrons. The van der Waals surface area contributed by atoms with Crippen LogP contribution < -0.4 is 10.0 Å². The Morgan fingerprint density at radius 3 is 2.58 bits per heavy atom. The van der Waals surface area contributed by atoms with Crippen molar-refractivity contribution in [3.63, 3.8) is 0 Å². The number of carbonyl (C=O) groups excluding carboxylic acids is 1. The summed E-state index contributed by atoms with van der Waals surface area (Å²) in [5.74, 6) is -1.47. The SMILES string of the molecule is O=C1NCCc2ccc(S(=O)(=O)NC3CCC(C(=O)O)CC3)cc21. The summed E-state index contributed by atoms with van der Waals surface area (Å²) in [6, 6.07) is 4.34. The van der Waals surface area contributed by atoms with Crippen molar-refractivity contribution >= 4 is 21.9 Å². The number of amides is 1. The highest BCUT2D eigenvalue weighted by Crippen LogP contribution is 2.26. The molecule has 2 aliphatic rings. The summed E-state index contributed by atoms with van der Waals surface area (Å²) in [6.45, 7) is 0.559. The molecule has 1 amide bonds. The quantitative estimate of drug-likeness (QED) is 0.745. The maximum absolute atomic E-state index is 12.5. The fraction of sp³-hybridized carbons (Fsp3) is 0.500. The van der Waals surface area contributed by atoms with Crippen LogP contribution in [0.3, 0.4) is 0 Å². The van der Waals surface area contributed by atoms with E-state index in [4.69, 9.17) is 5.11 Å². The van der Waals surface area contributed by atoms with Crippen LogP contribution in [0.15, 0.2) is 23.1 Å². The van der Waals surface area contributed by atoms with Crippen LogP contribution in [0.1, 0.15) is 41.6 Å². The monoisotopic (exact) mass is 352 g/mol. The Morgan fingerprint density at radius 1 is 1.21 bits per heavy atom. The predicted octanol–water partition coefficient (Wildman–Crippen LogP) is 0.894. The van der Waals surface area contributed by atoms with Crippen LogP contribution in [0, 0.1) is 5.92 Å². The highest BCUT2D eigenvalue weighted by Gasteiger charge is 2.29. The maximum atomic E-state index is 12.5. The molecule has 1 aromatic rings. The average Bonchev–Trinajstić information content (AvgIpc) is 2.55. The Balaban J connectivity index is 1.73. The highest BCUT2D eigenvalue weighted by atomic mass is 32.2. The fourth-order valence-electron chi connectivity index (χ4n) is 3.30. The Hall–Kier alpha value is -1.93. The van der Waals surface area contributed by atoms with Gasteiger partial charge in [0.2, 0.25) is 10.0 Å². The summed E-state index contributed by atoms with van der Waals surface area (Å²) in [7, 11) is -3.73. The van der Waals surface area contributed by atoms with Crippen molar-refractivity contribution in [3.8, 4) is 0 Å². The first-order chi connectivity index (χ1) is 11.4. The second-order valence-corrected chi connectivity index (χ2v) is 8.05. The number of carbonyl (C=O) groups is 2. The molecule has 0 atom stereocenters. The normalized spacial score (nSPS) is 24.1. The van der Waals surface area contributed by atoms with Crippen LogP contribution in [0.5, 0.6) is 0 Å². The molecule has 1 saturated carbocycles. The third kappa shape index (κ3) is 3.44. The molecule has 7 nitrogen and oxygen atoms in total. The molecule has 0 radical (unpaired) electrons. The van der Waals surface area contributed by atoms with Gasteiger partial charge in [-0.25, -0.2) is 13.1 Å². The molecule has 3 rings (SSSR count). The molecule has 24 heavy (non-hydrogen) atoms. The van der Waals surface area contributed by atoms with Crippen molar-refractivity contribution in [1.29, 1.82) is 0 Å². The standard InChI is InChI=1S/C16H20N2O5S/c19-15-14-9-13(6-3-10(14)7-8-17-15)24(22,23)18-12-4-1-11(2-5-12)16(20)21/h3,6,9,11-12,18H,1-2,4-5,7-8H2,(H,17,19)(H,20,21). The van der Waals surface area contributed by atoms with Crippen molar-refractivity contribution in [2.75, 3.05) is 6.54 Å². The minimum absolute atomic E-state index is 0.0682. The zero-order chi connectivity index (χ0) is 17.3. The topological polar surface area (TPSA) is 113 Å². The summed E-state index contributed by atoms with van der Waals surface area (Å²) in [5, 5.41) is 11.7. The number of nitrogens with one attached hydrogen (secondary N) is 2. The van der Waals surface area contributed by atoms with E-state index in [9.17, 15) is 18.0 Å². The minimum atomic E-state index is -3.73. The number of rotatable bonds is 4. The van der Waals surface area contributed by atoms with Crippen LogP contribution >= 0.6 is 0 Å². The molecule has 0 saturated heterocycles. The van der Waals surface area contributed by atoms with Gasteiger partial charge in [0.1, 0.15) is 0 Å². The second-order valence-electron chi connectivity index (χ2n) is 6.33. The van der Waals surface area contributed by atoms with Gasteiger partial charge in [0.25, 0.3) is 5.91 Å². The fourth-order valence-corrected chi connectivity index (χ4v) is 4.63. The van der Waals surface area contributed by atoms with Gasteiger partial charge in [0.05, 0.1) is 10.8 Å². The van der Waals surface area contributed by atoms with Gasteiger partial charge in [-0.2, -0.15) is 0 Å². The van der Waals surface area contributed by atoms with Gasteiger partial charge in [-0.05, 0) is 49.8 Å². The lowest BCUT2D eigenvalue weighted by Crippen LogP contribution is -2.39. The van der Waals surface area contributed by atoms with E-state index in [-0.39, 0.29) is 16.8 Å². The molecule has 1 aliphatic heterocycles. The summed E-state index contributed by atoms with van der Waals surface area (Å²) in [6.07, 6.45) is 2.63. The van der Waals surface area contributed by atoms with Crippen LogP contribution in [0.2, 0.25) is 0 Å². The number of aliphatic carboxylic acids is 1. The van der Waals surface area contributed by atoms with Crippen molar-refractivity contribution in [2.24, 2.45) is 5.92 Å². The summed E-state index contributed by atoms with van der Waals surface area (Å²) in [5.41, 5.74) is 1.25. The van der Waals surface area contributed by atoms with E-state index in [1.165, 1.54) is 12.1 Å². The molecular weight excluding hydrogens is 332 g/mol. The summed E-state index contributed by atoms with van der Waals surface area (Å²) in [4.78, 5) is 22.9. The molecule has 1 heterocycles. The number of sulfonamides is 1. The van der Waals surface area contributed by atoms with E-state index in [1.54, 1.807) is 6.07 Å². The maximum Gasteiger partial charge on any atom is 0.306 e. The van der Waals surface area contributed by atoms with E-state index < -0.39 is 21.9 Å². The number of carboxylic acids is 1. The minimum Gasteiger partial charge on any atom is -0.481 e. The van der Waals surface area contributed by atoms with Crippen molar-refractivity contribution in [1.82, 2.24) is 10.0 Å². The van der Waals surface area contributed by atoms with E-state index in [2.05, 4.69) is 10.0 Å². The van der Waals surface area contributed by atoms with Crippen LogP contribution in [0.4, 0.5) is 0 Å². The van der Waals surface area contributed by atoms with E-state index in [1.807, 2.05) is 0 Å². The lowest BCUT2D eigenvalue weighted by Gasteiger charge is -2.26. The number of benzene rings is 1. The molecular formula is C16H20N2O5S. The highest BCUT2D eigenvalue weighted by molar-refractivity contribution is 7.89. The van der Waals surface area contributed by atoms with E-state index in [0.717, 1.165) is 5.56 Å². The van der Waals surface area contributed by atoms with Gasteiger partial charge in [-0.1, -0.05) is 6.07 Å². The van der Waals surface area contributed by atoms with Gasteiger partial charge in [-0.3, -0.25) is 9.59 Å². The molecule has 1 fully saturated rings. The first kappa shape index (κ1) is 16.9. The molecule has 0 unspecified atom stereocenters.